The molecule has 0 radical (unpaired) electrons. The number of aromatic nitrogens is 2. The van der Waals surface area contributed by atoms with Crippen molar-refractivity contribution >= 4 is 34.8 Å². The lowest BCUT2D eigenvalue weighted by Gasteiger charge is -2.29. The van der Waals surface area contributed by atoms with Gasteiger partial charge in [0.2, 0.25) is 5.72 Å². The third-order valence-electron chi connectivity index (χ3n) is 3.80. The lowest BCUT2D eigenvalue weighted by Crippen LogP contribution is -2.51. The van der Waals surface area contributed by atoms with Gasteiger partial charge in [-0.15, -0.1) is 0 Å². The number of rotatable bonds is 5. The fourth-order valence-corrected chi connectivity index (χ4v) is 2.98. The van der Waals surface area contributed by atoms with Crippen LogP contribution in [0, 0.1) is 0 Å². The number of alkyl halides is 2. The predicted octanol–water partition coefficient (Wildman–Crippen LogP) is 3.40. The van der Waals surface area contributed by atoms with Crippen molar-refractivity contribution in [3.63, 3.8) is 0 Å². The Morgan fingerprint density at radius 3 is 2.81 bits per heavy atom. The summed E-state index contributed by atoms with van der Waals surface area (Å²) in [6, 6.07) is 5.99. The van der Waals surface area contributed by atoms with Crippen molar-refractivity contribution in [3.05, 3.63) is 46.2 Å². The van der Waals surface area contributed by atoms with Crippen LogP contribution in [0.25, 0.3) is 0 Å². The van der Waals surface area contributed by atoms with E-state index in [2.05, 4.69) is 10.2 Å². The summed E-state index contributed by atoms with van der Waals surface area (Å²) in [5, 5.41) is 18.9. The lowest BCUT2D eigenvalue weighted by atomic mass is 10.1. The highest BCUT2D eigenvalue weighted by molar-refractivity contribution is 6.35. The molecular formula is C16H14Cl2F2N4O3. The zero-order chi connectivity index (χ0) is 19.8. The molecule has 0 aliphatic carbocycles. The molecule has 1 atom stereocenters. The Morgan fingerprint density at radius 2 is 2.15 bits per heavy atom. The molecule has 1 aromatic carbocycles. The van der Waals surface area contributed by atoms with Crippen LogP contribution in [0.15, 0.2) is 35.6 Å². The number of carbonyl (C=O) groups excluding carboxylic acids is 1. The van der Waals surface area contributed by atoms with Crippen molar-refractivity contribution in [2.45, 2.75) is 32.2 Å². The van der Waals surface area contributed by atoms with Gasteiger partial charge in [0.15, 0.2) is 12.4 Å². The number of hydrogen-bond acceptors (Lipinski definition) is 5. The Morgan fingerprint density at radius 1 is 1.41 bits per heavy atom. The summed E-state index contributed by atoms with van der Waals surface area (Å²) in [6.45, 7) is 1.36. The molecule has 11 heteroatoms. The average molecular weight is 419 g/mol. The van der Waals surface area contributed by atoms with Crippen LogP contribution in [0.2, 0.25) is 10.0 Å². The number of aliphatic hydroxyl groups is 1. The molecule has 27 heavy (non-hydrogen) atoms. The SMILES string of the molecule is CC1=NN(C(=O)c2ccn(COc3ccc(Cl)cc3Cl)n2)C(O)(C(F)F)C1. The monoisotopic (exact) mass is 418 g/mol. The number of hydrogen-bond donors (Lipinski definition) is 1. The molecule has 3 rings (SSSR count). The first-order chi connectivity index (χ1) is 12.7. The second-order valence-corrected chi connectivity index (χ2v) is 6.74. The fourth-order valence-electron chi connectivity index (χ4n) is 2.52. The quantitative estimate of drug-likeness (QED) is 0.806. The molecule has 2 aromatic rings. The summed E-state index contributed by atoms with van der Waals surface area (Å²) in [6.07, 6.45) is -2.19. The summed E-state index contributed by atoms with van der Waals surface area (Å²) >= 11 is 11.8. The van der Waals surface area contributed by atoms with Gasteiger partial charge in [-0.1, -0.05) is 23.2 Å². The third kappa shape index (κ3) is 3.90. The van der Waals surface area contributed by atoms with Crippen LogP contribution in [0.4, 0.5) is 8.78 Å². The lowest BCUT2D eigenvalue weighted by molar-refractivity contribution is -0.164. The number of halogens is 4. The molecule has 1 N–H and O–H groups in total. The molecule has 0 bridgehead atoms. The van der Waals surface area contributed by atoms with E-state index in [0.29, 0.717) is 20.8 Å². The zero-order valence-corrected chi connectivity index (χ0v) is 15.5. The van der Waals surface area contributed by atoms with Gasteiger partial charge in [0.05, 0.1) is 5.02 Å². The molecule has 1 aliphatic heterocycles. The van der Waals surface area contributed by atoms with Gasteiger partial charge in [-0.25, -0.2) is 13.5 Å². The first-order valence-electron chi connectivity index (χ1n) is 7.71. The van der Waals surface area contributed by atoms with Crippen LogP contribution in [0.3, 0.4) is 0 Å². The van der Waals surface area contributed by atoms with E-state index in [0.717, 1.165) is 0 Å². The molecule has 0 fully saturated rings. The van der Waals surface area contributed by atoms with Gasteiger partial charge in [-0.3, -0.25) is 4.79 Å². The highest BCUT2D eigenvalue weighted by atomic mass is 35.5. The van der Waals surface area contributed by atoms with Gasteiger partial charge in [0, 0.05) is 23.4 Å². The molecule has 0 saturated carbocycles. The van der Waals surface area contributed by atoms with Crippen molar-refractivity contribution in [2.24, 2.45) is 5.10 Å². The third-order valence-corrected chi connectivity index (χ3v) is 4.33. The Balaban J connectivity index is 1.72. The van der Waals surface area contributed by atoms with Crippen LogP contribution >= 0.6 is 23.2 Å². The van der Waals surface area contributed by atoms with Gasteiger partial charge in [-0.05, 0) is 31.2 Å². The molecule has 0 spiro atoms. The van der Waals surface area contributed by atoms with Crippen LogP contribution in [-0.4, -0.2) is 43.7 Å². The maximum atomic E-state index is 13.2. The predicted molar refractivity (Wildman–Crippen MR) is 94.2 cm³/mol. The van der Waals surface area contributed by atoms with Crippen molar-refractivity contribution in [1.29, 1.82) is 0 Å². The van der Waals surface area contributed by atoms with E-state index in [9.17, 15) is 18.7 Å². The van der Waals surface area contributed by atoms with Gasteiger partial charge >= 0.3 is 0 Å². The zero-order valence-electron chi connectivity index (χ0n) is 13.9. The molecule has 1 amide bonds. The second kappa shape index (κ2) is 7.41. The number of ether oxygens (including phenoxy) is 1. The van der Waals surface area contributed by atoms with E-state index >= 15 is 0 Å². The summed E-state index contributed by atoms with van der Waals surface area (Å²) in [4.78, 5) is 12.5. The summed E-state index contributed by atoms with van der Waals surface area (Å²) < 4.78 is 33.2. The maximum absolute atomic E-state index is 13.2. The molecule has 1 aliphatic rings. The minimum Gasteiger partial charge on any atom is -0.470 e. The molecule has 0 saturated heterocycles. The average Bonchev–Trinajstić information content (AvgIpc) is 3.18. The van der Waals surface area contributed by atoms with E-state index in [1.807, 2.05) is 0 Å². The van der Waals surface area contributed by atoms with Crippen LogP contribution in [-0.2, 0) is 6.73 Å². The topological polar surface area (TPSA) is 80.0 Å². The van der Waals surface area contributed by atoms with Crippen molar-refractivity contribution in [2.75, 3.05) is 0 Å². The number of hydrazone groups is 1. The highest BCUT2D eigenvalue weighted by Crippen LogP contribution is 2.32. The highest BCUT2D eigenvalue weighted by Gasteiger charge is 2.51. The smallest absolute Gasteiger partial charge is 0.297 e. The second-order valence-electron chi connectivity index (χ2n) is 5.90. The van der Waals surface area contributed by atoms with Gasteiger partial charge in [0.25, 0.3) is 12.3 Å². The maximum Gasteiger partial charge on any atom is 0.297 e. The van der Waals surface area contributed by atoms with Crippen LogP contribution in [0.5, 0.6) is 5.75 Å². The number of nitrogens with zero attached hydrogens (tertiary/aromatic N) is 4. The van der Waals surface area contributed by atoms with Crippen molar-refractivity contribution in [3.8, 4) is 5.75 Å². The van der Waals surface area contributed by atoms with Crippen molar-refractivity contribution in [1.82, 2.24) is 14.8 Å². The van der Waals surface area contributed by atoms with Gasteiger partial charge in [0.1, 0.15) is 5.75 Å². The molecule has 2 heterocycles. The fraction of sp³-hybridized carbons (Fsp3) is 0.312. The first kappa shape index (κ1) is 19.5. The number of carbonyl (C=O) groups is 1. The van der Waals surface area contributed by atoms with E-state index in [-0.39, 0.29) is 18.1 Å². The molecule has 1 aromatic heterocycles. The minimum atomic E-state index is -3.18. The first-order valence-corrected chi connectivity index (χ1v) is 8.47. The normalized spacial score (nSPS) is 19.5. The Bertz CT molecular complexity index is 906. The Hall–Kier alpha value is -2.23. The van der Waals surface area contributed by atoms with Gasteiger partial charge < -0.3 is 9.84 Å². The van der Waals surface area contributed by atoms with Gasteiger partial charge in [-0.2, -0.15) is 15.2 Å². The largest absolute Gasteiger partial charge is 0.470 e. The Labute approximate surface area is 162 Å². The number of benzene rings is 1. The van der Waals surface area contributed by atoms with Crippen LogP contribution < -0.4 is 4.74 Å². The van der Waals surface area contributed by atoms with E-state index < -0.39 is 24.5 Å². The number of amides is 1. The minimum absolute atomic E-state index is 0.0873. The molecule has 144 valence electrons. The Kier molecular flexibility index (Phi) is 5.36. The molecular weight excluding hydrogens is 405 g/mol. The molecule has 7 nitrogen and oxygen atoms in total. The van der Waals surface area contributed by atoms with E-state index in [4.69, 9.17) is 27.9 Å². The summed E-state index contributed by atoms with van der Waals surface area (Å²) in [5.41, 5.74) is -2.64. The summed E-state index contributed by atoms with van der Waals surface area (Å²) in [5.74, 6) is -0.589. The molecule has 1 unspecified atom stereocenters. The summed E-state index contributed by atoms with van der Waals surface area (Å²) in [7, 11) is 0. The van der Waals surface area contributed by atoms with Crippen molar-refractivity contribution < 1.29 is 23.4 Å². The van der Waals surface area contributed by atoms with E-state index in [1.54, 1.807) is 12.1 Å². The van der Waals surface area contributed by atoms with Crippen LogP contribution in [0.1, 0.15) is 23.8 Å². The van der Waals surface area contributed by atoms with E-state index in [1.165, 1.54) is 29.9 Å². The standard InChI is InChI=1S/C16H14Cl2F2N4O3/c1-9-7-16(26,15(19)20)24(21-9)14(25)12-4-5-23(22-12)8-27-13-3-2-10(17)6-11(13)18/h2-6,15,26H,7-8H2,1H3.